The zero-order valence-electron chi connectivity index (χ0n) is 7.45. The van der Waals surface area contributed by atoms with Gasteiger partial charge in [-0.3, -0.25) is 0 Å². The maximum atomic E-state index is 3.36. The number of hydrogen-bond donors (Lipinski definition) is 1. The van der Waals surface area contributed by atoms with Gasteiger partial charge < -0.3 is 5.32 Å². The lowest BCUT2D eigenvalue weighted by Gasteiger charge is -2.04. The van der Waals surface area contributed by atoms with Crippen LogP contribution in [0.3, 0.4) is 0 Å². The van der Waals surface area contributed by atoms with Crippen molar-refractivity contribution in [3.8, 4) is 0 Å². The van der Waals surface area contributed by atoms with Crippen LogP contribution in [0.4, 0.5) is 11.4 Å². The van der Waals surface area contributed by atoms with E-state index in [1.54, 1.807) is 11.3 Å². The SMILES string of the molecule is Cc1cscc1Nc1ccccc1. The second-order valence-corrected chi connectivity index (χ2v) is 3.70. The molecule has 0 bridgehead atoms. The van der Waals surface area contributed by atoms with E-state index in [1.807, 2.05) is 18.2 Å². The molecule has 0 saturated carbocycles. The molecule has 0 saturated heterocycles. The Kier molecular flexibility index (Phi) is 2.32. The lowest BCUT2D eigenvalue weighted by atomic mass is 10.3. The van der Waals surface area contributed by atoms with Crippen LogP contribution in [0.5, 0.6) is 0 Å². The first-order valence-electron chi connectivity index (χ1n) is 4.21. The Morgan fingerprint density at radius 3 is 2.46 bits per heavy atom. The molecule has 0 unspecified atom stereocenters. The fourth-order valence-electron chi connectivity index (χ4n) is 1.17. The first-order chi connectivity index (χ1) is 6.36. The van der Waals surface area contributed by atoms with Crippen LogP contribution in [0.15, 0.2) is 41.1 Å². The van der Waals surface area contributed by atoms with Crippen molar-refractivity contribution < 1.29 is 0 Å². The summed E-state index contributed by atoms with van der Waals surface area (Å²) in [5, 5.41) is 7.63. The van der Waals surface area contributed by atoms with Gasteiger partial charge in [-0.1, -0.05) is 18.2 Å². The smallest absolute Gasteiger partial charge is 0.0522 e. The van der Waals surface area contributed by atoms with Crippen LogP contribution in [0.2, 0.25) is 0 Å². The highest BCUT2D eigenvalue weighted by Gasteiger charge is 1.97. The van der Waals surface area contributed by atoms with E-state index in [0.29, 0.717) is 0 Å². The molecule has 0 amide bonds. The molecule has 0 atom stereocenters. The van der Waals surface area contributed by atoms with Crippen molar-refractivity contribution >= 4 is 22.7 Å². The zero-order valence-corrected chi connectivity index (χ0v) is 8.27. The molecule has 1 aromatic carbocycles. The molecule has 1 heterocycles. The maximum Gasteiger partial charge on any atom is 0.0522 e. The van der Waals surface area contributed by atoms with Gasteiger partial charge in [-0.05, 0) is 30.0 Å². The van der Waals surface area contributed by atoms with E-state index < -0.39 is 0 Å². The van der Waals surface area contributed by atoms with Crippen LogP contribution in [0.1, 0.15) is 5.56 Å². The predicted molar refractivity (Wildman–Crippen MR) is 58.8 cm³/mol. The lowest BCUT2D eigenvalue weighted by molar-refractivity contribution is 1.49. The summed E-state index contributed by atoms with van der Waals surface area (Å²) in [6.07, 6.45) is 0. The molecule has 0 aliphatic carbocycles. The second-order valence-electron chi connectivity index (χ2n) is 2.96. The normalized spacial score (nSPS) is 9.92. The molecule has 13 heavy (non-hydrogen) atoms. The number of anilines is 2. The van der Waals surface area contributed by atoms with Gasteiger partial charge >= 0.3 is 0 Å². The summed E-state index contributed by atoms with van der Waals surface area (Å²) in [5.41, 5.74) is 3.65. The van der Waals surface area contributed by atoms with Crippen molar-refractivity contribution in [2.45, 2.75) is 6.92 Å². The summed E-state index contributed by atoms with van der Waals surface area (Å²) < 4.78 is 0. The number of aryl methyl sites for hydroxylation is 1. The third-order valence-corrected chi connectivity index (χ3v) is 2.77. The molecule has 0 radical (unpaired) electrons. The van der Waals surface area contributed by atoms with Crippen LogP contribution >= 0.6 is 11.3 Å². The molecule has 0 aliphatic heterocycles. The minimum atomic E-state index is 1.14. The zero-order chi connectivity index (χ0) is 9.10. The number of thiophene rings is 1. The van der Waals surface area contributed by atoms with Crippen molar-refractivity contribution in [3.05, 3.63) is 46.7 Å². The fourth-order valence-corrected chi connectivity index (χ4v) is 1.95. The van der Waals surface area contributed by atoms with Gasteiger partial charge in [0, 0.05) is 11.1 Å². The average molecular weight is 189 g/mol. The second kappa shape index (κ2) is 3.62. The Hall–Kier alpha value is -1.28. The van der Waals surface area contributed by atoms with Gasteiger partial charge in [0.1, 0.15) is 0 Å². The van der Waals surface area contributed by atoms with Crippen LogP contribution in [0, 0.1) is 6.92 Å². The van der Waals surface area contributed by atoms with E-state index in [-0.39, 0.29) is 0 Å². The number of nitrogens with one attached hydrogen (secondary N) is 1. The first kappa shape index (κ1) is 8.32. The Bertz CT molecular complexity index is 378. The minimum Gasteiger partial charge on any atom is -0.355 e. The number of benzene rings is 1. The molecular formula is C11H11NS. The molecule has 66 valence electrons. The molecule has 0 aliphatic rings. The minimum absolute atomic E-state index is 1.14. The van der Waals surface area contributed by atoms with Gasteiger partial charge in [-0.2, -0.15) is 0 Å². The highest BCUT2D eigenvalue weighted by molar-refractivity contribution is 7.08. The third kappa shape index (κ3) is 1.90. The highest BCUT2D eigenvalue weighted by atomic mass is 32.1. The van der Waals surface area contributed by atoms with Crippen molar-refractivity contribution in [2.75, 3.05) is 5.32 Å². The van der Waals surface area contributed by atoms with Gasteiger partial charge in [0.05, 0.1) is 5.69 Å². The summed E-state index contributed by atoms with van der Waals surface area (Å²) in [7, 11) is 0. The van der Waals surface area contributed by atoms with Gasteiger partial charge in [0.15, 0.2) is 0 Å². The summed E-state index contributed by atoms with van der Waals surface area (Å²) >= 11 is 1.72. The van der Waals surface area contributed by atoms with E-state index in [1.165, 1.54) is 11.3 Å². The van der Waals surface area contributed by atoms with Crippen molar-refractivity contribution in [3.63, 3.8) is 0 Å². The van der Waals surface area contributed by atoms with Crippen molar-refractivity contribution in [1.29, 1.82) is 0 Å². The van der Waals surface area contributed by atoms with Gasteiger partial charge in [0.25, 0.3) is 0 Å². The summed E-state index contributed by atoms with van der Waals surface area (Å²) in [4.78, 5) is 0. The van der Waals surface area contributed by atoms with E-state index >= 15 is 0 Å². The van der Waals surface area contributed by atoms with Gasteiger partial charge in [0.2, 0.25) is 0 Å². The Balaban J connectivity index is 2.20. The third-order valence-electron chi connectivity index (χ3n) is 1.91. The lowest BCUT2D eigenvalue weighted by Crippen LogP contribution is -1.88. The Morgan fingerprint density at radius 2 is 1.85 bits per heavy atom. The number of rotatable bonds is 2. The molecule has 0 fully saturated rings. The topological polar surface area (TPSA) is 12.0 Å². The van der Waals surface area contributed by atoms with Crippen molar-refractivity contribution in [2.24, 2.45) is 0 Å². The summed E-state index contributed by atoms with van der Waals surface area (Å²) in [6.45, 7) is 2.11. The van der Waals surface area contributed by atoms with Crippen LogP contribution < -0.4 is 5.32 Å². The van der Waals surface area contributed by atoms with Crippen LogP contribution in [-0.2, 0) is 0 Å². The number of para-hydroxylation sites is 1. The molecule has 2 aromatic rings. The van der Waals surface area contributed by atoms with Crippen LogP contribution in [0.25, 0.3) is 0 Å². The largest absolute Gasteiger partial charge is 0.355 e. The van der Waals surface area contributed by atoms with E-state index in [2.05, 4.69) is 35.1 Å². The summed E-state index contributed by atoms with van der Waals surface area (Å²) in [5.74, 6) is 0. The van der Waals surface area contributed by atoms with E-state index in [4.69, 9.17) is 0 Å². The van der Waals surface area contributed by atoms with Crippen LogP contribution in [-0.4, -0.2) is 0 Å². The predicted octanol–water partition coefficient (Wildman–Crippen LogP) is 3.80. The Morgan fingerprint density at radius 1 is 1.08 bits per heavy atom. The summed E-state index contributed by atoms with van der Waals surface area (Å²) in [6, 6.07) is 10.2. The first-order valence-corrected chi connectivity index (χ1v) is 5.15. The maximum absolute atomic E-state index is 3.36. The fraction of sp³-hybridized carbons (Fsp3) is 0.0909. The van der Waals surface area contributed by atoms with E-state index in [0.717, 1.165) is 5.69 Å². The monoisotopic (exact) mass is 189 g/mol. The Labute approximate surface area is 82.0 Å². The molecule has 1 nitrogen and oxygen atoms in total. The molecular weight excluding hydrogens is 178 g/mol. The molecule has 1 N–H and O–H groups in total. The molecule has 1 aromatic heterocycles. The molecule has 2 rings (SSSR count). The van der Waals surface area contributed by atoms with E-state index in [9.17, 15) is 0 Å². The quantitative estimate of drug-likeness (QED) is 0.757. The molecule has 0 spiro atoms. The van der Waals surface area contributed by atoms with Gasteiger partial charge in [-0.25, -0.2) is 0 Å². The van der Waals surface area contributed by atoms with Crippen molar-refractivity contribution in [1.82, 2.24) is 0 Å². The standard InChI is InChI=1S/C11H11NS/c1-9-7-13-8-11(9)12-10-5-3-2-4-6-10/h2-8,12H,1H3. The molecule has 2 heteroatoms. The average Bonchev–Trinajstić information content (AvgIpc) is 2.54. The van der Waals surface area contributed by atoms with Gasteiger partial charge in [-0.15, -0.1) is 11.3 Å². The number of hydrogen-bond acceptors (Lipinski definition) is 2. The highest BCUT2D eigenvalue weighted by Crippen LogP contribution is 2.23.